The van der Waals surface area contributed by atoms with Gasteiger partial charge in [-0.15, -0.1) is 0 Å². The van der Waals surface area contributed by atoms with Gasteiger partial charge in [0.2, 0.25) is 0 Å². The fourth-order valence-electron chi connectivity index (χ4n) is 4.41. The van der Waals surface area contributed by atoms with Crippen LogP contribution in [0.2, 0.25) is 25.7 Å². The lowest BCUT2D eigenvalue weighted by Crippen LogP contribution is -2.26. The lowest BCUT2D eigenvalue weighted by atomic mass is 9.89. The van der Waals surface area contributed by atoms with Crippen molar-refractivity contribution >= 4 is 19.8 Å². The number of hydrogen-bond acceptors (Lipinski definition) is 3. The lowest BCUT2D eigenvalue weighted by molar-refractivity contribution is 0.192. The number of hydrogen-bond donors (Lipinski definition) is 1. The lowest BCUT2D eigenvalue weighted by Gasteiger charge is -2.24. The van der Waals surface area contributed by atoms with Crippen LogP contribution in [0.3, 0.4) is 0 Å². The predicted molar refractivity (Wildman–Crippen MR) is 131 cm³/mol. The maximum absolute atomic E-state index is 11.0. The van der Waals surface area contributed by atoms with Gasteiger partial charge in [0.05, 0.1) is 19.5 Å². The molecule has 0 aromatic heterocycles. The number of anilines is 1. The number of nitrogens with zero attached hydrogens (tertiary/aromatic N) is 1. The highest BCUT2D eigenvalue weighted by atomic mass is 28.3. The molecule has 0 unspecified atom stereocenters. The maximum Gasteiger partial charge on any atom is 0.0830 e. The molecule has 0 saturated carbocycles. The quantitative estimate of drug-likeness (QED) is 0.304. The van der Waals surface area contributed by atoms with E-state index in [9.17, 15) is 5.11 Å². The third kappa shape index (κ3) is 5.64. The Bertz CT molecular complexity index is 886. The van der Waals surface area contributed by atoms with E-state index in [0.29, 0.717) is 6.42 Å². The van der Waals surface area contributed by atoms with Gasteiger partial charge in [-0.3, -0.25) is 0 Å². The monoisotopic (exact) mass is 421 g/mol. The summed E-state index contributed by atoms with van der Waals surface area (Å²) in [5.74, 6) is 0.259. The molecule has 30 heavy (non-hydrogen) atoms. The van der Waals surface area contributed by atoms with Crippen LogP contribution in [0.4, 0.5) is 5.69 Å². The molecular weight excluding hydrogens is 386 g/mol. The van der Waals surface area contributed by atoms with Crippen molar-refractivity contribution in [2.45, 2.75) is 50.7 Å². The summed E-state index contributed by atoms with van der Waals surface area (Å²) in [6, 6.07) is 18.0. The molecule has 1 aliphatic heterocycles. The zero-order valence-electron chi connectivity index (χ0n) is 18.8. The molecule has 160 valence electrons. The number of fused-ring (bicyclic) bond motifs is 1. The summed E-state index contributed by atoms with van der Waals surface area (Å²) in [6.07, 6.45) is 4.00. The molecular formula is C26H35NO2Si. The Morgan fingerprint density at radius 3 is 2.60 bits per heavy atom. The predicted octanol–water partition coefficient (Wildman–Crippen LogP) is 6.05. The van der Waals surface area contributed by atoms with Gasteiger partial charge in [-0.2, -0.15) is 0 Å². The number of benzene rings is 2. The Labute approximate surface area is 182 Å². The van der Waals surface area contributed by atoms with E-state index in [1.54, 1.807) is 13.4 Å². The molecule has 4 heteroatoms. The molecule has 0 bridgehead atoms. The Balaban J connectivity index is 1.87. The van der Waals surface area contributed by atoms with E-state index < -0.39 is 14.2 Å². The third-order valence-corrected chi connectivity index (χ3v) is 7.16. The largest absolute Gasteiger partial charge is 0.504 e. The van der Waals surface area contributed by atoms with Crippen molar-refractivity contribution < 1.29 is 9.84 Å². The summed E-state index contributed by atoms with van der Waals surface area (Å²) in [5.41, 5.74) is 6.01. The number of aliphatic hydroxyl groups is 1. The van der Waals surface area contributed by atoms with Gasteiger partial charge in [-0.25, -0.2) is 0 Å². The first-order chi connectivity index (χ1) is 14.3. The van der Waals surface area contributed by atoms with E-state index in [-0.39, 0.29) is 5.92 Å². The summed E-state index contributed by atoms with van der Waals surface area (Å²) in [7, 11) is 0.368. The summed E-state index contributed by atoms with van der Waals surface area (Å²) in [5, 5.41) is 11.0. The molecule has 0 fully saturated rings. The fourth-order valence-corrected chi connectivity index (χ4v) is 6.01. The summed E-state index contributed by atoms with van der Waals surface area (Å²) >= 11 is 0. The van der Waals surface area contributed by atoms with Crippen LogP contribution >= 0.6 is 0 Å². The number of ether oxygens (including phenoxy) is 1. The van der Waals surface area contributed by atoms with Gasteiger partial charge in [-0.05, 0) is 41.3 Å². The molecule has 1 heterocycles. The topological polar surface area (TPSA) is 32.7 Å². The summed E-state index contributed by atoms with van der Waals surface area (Å²) in [6.45, 7) is 13.0. The maximum atomic E-state index is 11.0. The molecule has 3 nitrogen and oxygen atoms in total. The zero-order chi connectivity index (χ0) is 21.7. The van der Waals surface area contributed by atoms with Crippen LogP contribution in [0.15, 0.2) is 66.9 Å². The van der Waals surface area contributed by atoms with Crippen molar-refractivity contribution in [2.75, 3.05) is 18.6 Å². The van der Waals surface area contributed by atoms with Gasteiger partial charge in [0.25, 0.3) is 0 Å². The third-order valence-electron chi connectivity index (χ3n) is 5.64. The molecule has 0 amide bonds. The molecule has 1 aliphatic rings. The van der Waals surface area contributed by atoms with E-state index in [2.05, 4.69) is 79.7 Å². The molecule has 2 aromatic carbocycles. The SMILES string of the molecule is C=C(C[Si](C)(C)C)[C@H](O)C[C@H]1CN(Cc2ccccc2)c2cccc(/C=C\OC)c21. The Hall–Kier alpha value is -2.30. The van der Waals surface area contributed by atoms with E-state index in [1.807, 2.05) is 6.08 Å². The highest BCUT2D eigenvalue weighted by Gasteiger charge is 2.32. The first kappa shape index (κ1) is 22.4. The molecule has 2 atom stereocenters. The van der Waals surface area contributed by atoms with Crippen molar-refractivity contribution in [1.82, 2.24) is 0 Å². The average molecular weight is 422 g/mol. The van der Waals surface area contributed by atoms with Crippen LogP contribution in [0.25, 0.3) is 6.08 Å². The second-order valence-corrected chi connectivity index (χ2v) is 15.0. The van der Waals surface area contributed by atoms with Gasteiger partial charge in [0, 0.05) is 32.8 Å². The molecule has 1 N–H and O–H groups in total. The molecule has 0 spiro atoms. The second kappa shape index (κ2) is 9.67. The summed E-state index contributed by atoms with van der Waals surface area (Å²) in [4.78, 5) is 2.44. The molecule has 3 rings (SSSR count). The summed E-state index contributed by atoms with van der Waals surface area (Å²) < 4.78 is 5.18. The van der Waals surface area contributed by atoms with Crippen LogP contribution in [0.1, 0.15) is 29.0 Å². The van der Waals surface area contributed by atoms with Gasteiger partial charge in [0.1, 0.15) is 0 Å². The normalized spacial score (nSPS) is 17.2. The van der Waals surface area contributed by atoms with Crippen LogP contribution < -0.4 is 4.90 Å². The number of aliphatic hydroxyl groups excluding tert-OH is 1. The Morgan fingerprint density at radius 1 is 1.20 bits per heavy atom. The average Bonchev–Trinajstić information content (AvgIpc) is 3.03. The van der Waals surface area contributed by atoms with Gasteiger partial charge >= 0.3 is 0 Å². The highest BCUT2D eigenvalue weighted by molar-refractivity contribution is 6.76. The van der Waals surface area contributed by atoms with Gasteiger partial charge < -0.3 is 14.7 Å². The van der Waals surface area contributed by atoms with Crippen molar-refractivity contribution in [3.63, 3.8) is 0 Å². The minimum absolute atomic E-state index is 0.259. The smallest absolute Gasteiger partial charge is 0.0830 e. The first-order valence-corrected chi connectivity index (χ1v) is 14.5. The number of rotatable bonds is 9. The van der Waals surface area contributed by atoms with E-state index in [4.69, 9.17) is 4.74 Å². The standard InChI is InChI=1S/C26H35NO2Si/c1-20(19-30(3,4)5)25(28)16-23-18-27(17-21-10-7-6-8-11-21)24-13-9-12-22(26(23)24)14-15-29-2/h6-15,23,25,28H,1,16-19H2,2-5H3/b15-14-/t23-,25+/m0/s1. The molecule has 2 aromatic rings. The Kier molecular flexibility index (Phi) is 7.22. The van der Waals surface area contributed by atoms with Crippen molar-refractivity contribution in [3.05, 3.63) is 83.6 Å². The zero-order valence-corrected chi connectivity index (χ0v) is 19.8. The minimum atomic E-state index is -1.30. The Morgan fingerprint density at radius 2 is 1.93 bits per heavy atom. The fraction of sp³-hybridized carbons (Fsp3) is 0.385. The van der Waals surface area contributed by atoms with E-state index in [0.717, 1.165) is 30.3 Å². The van der Waals surface area contributed by atoms with Crippen LogP contribution in [0.5, 0.6) is 0 Å². The first-order valence-electron chi connectivity index (χ1n) is 10.8. The van der Waals surface area contributed by atoms with E-state index >= 15 is 0 Å². The highest BCUT2D eigenvalue weighted by Crippen LogP contribution is 2.43. The second-order valence-electron chi connectivity index (χ2n) is 9.53. The van der Waals surface area contributed by atoms with Crippen LogP contribution in [-0.4, -0.2) is 32.9 Å². The van der Waals surface area contributed by atoms with Crippen molar-refractivity contribution in [3.8, 4) is 0 Å². The van der Waals surface area contributed by atoms with Gasteiger partial charge in [-0.1, -0.05) is 74.3 Å². The van der Waals surface area contributed by atoms with E-state index in [1.165, 1.54) is 16.8 Å². The van der Waals surface area contributed by atoms with Crippen LogP contribution in [0, 0.1) is 0 Å². The molecule has 0 radical (unpaired) electrons. The van der Waals surface area contributed by atoms with Gasteiger partial charge in [0.15, 0.2) is 0 Å². The van der Waals surface area contributed by atoms with Crippen LogP contribution in [-0.2, 0) is 11.3 Å². The van der Waals surface area contributed by atoms with Crippen molar-refractivity contribution in [2.24, 2.45) is 0 Å². The molecule has 0 saturated heterocycles. The van der Waals surface area contributed by atoms with Crippen molar-refractivity contribution in [1.29, 1.82) is 0 Å². The number of methoxy groups -OCH3 is 1. The minimum Gasteiger partial charge on any atom is -0.504 e. The molecule has 0 aliphatic carbocycles.